The Morgan fingerprint density at radius 1 is 1.35 bits per heavy atom. The summed E-state index contributed by atoms with van der Waals surface area (Å²) >= 11 is 0. The summed E-state index contributed by atoms with van der Waals surface area (Å²) in [6.45, 7) is 8.55. The maximum absolute atomic E-state index is 12.3. The van der Waals surface area contributed by atoms with E-state index in [1.165, 1.54) is 6.20 Å². The van der Waals surface area contributed by atoms with E-state index >= 15 is 0 Å². The van der Waals surface area contributed by atoms with Crippen molar-refractivity contribution in [3.8, 4) is 0 Å². The molecule has 6 nitrogen and oxygen atoms in total. The van der Waals surface area contributed by atoms with E-state index in [0.717, 1.165) is 18.2 Å². The lowest BCUT2D eigenvalue weighted by Gasteiger charge is -2.21. The van der Waals surface area contributed by atoms with Crippen molar-refractivity contribution in [3.05, 3.63) is 29.7 Å². The lowest BCUT2D eigenvalue weighted by Crippen LogP contribution is -2.33. The standard InChI is InChI=1S/C17H24N4O2/c1-10(5-6-17(2,3)4)20-16(23)13-8-11-7-12(15(18)22)19-9-14(11)21-13/h7-10,21H,5-6H2,1-4H3,(H2,18,22)(H,20,23). The van der Waals surface area contributed by atoms with Gasteiger partial charge in [-0.2, -0.15) is 0 Å². The molecule has 124 valence electrons. The van der Waals surface area contributed by atoms with Gasteiger partial charge in [0.15, 0.2) is 0 Å². The second kappa shape index (κ2) is 6.40. The molecule has 0 aliphatic carbocycles. The summed E-state index contributed by atoms with van der Waals surface area (Å²) < 4.78 is 0. The maximum atomic E-state index is 12.3. The Kier molecular flexibility index (Phi) is 4.73. The van der Waals surface area contributed by atoms with Crippen LogP contribution in [0, 0.1) is 5.41 Å². The van der Waals surface area contributed by atoms with Gasteiger partial charge in [-0.3, -0.25) is 9.59 Å². The Labute approximate surface area is 135 Å². The largest absolute Gasteiger partial charge is 0.364 e. The van der Waals surface area contributed by atoms with Crippen LogP contribution in [-0.2, 0) is 0 Å². The summed E-state index contributed by atoms with van der Waals surface area (Å²) in [7, 11) is 0. The van der Waals surface area contributed by atoms with E-state index in [1.54, 1.807) is 12.1 Å². The van der Waals surface area contributed by atoms with Crippen molar-refractivity contribution in [1.29, 1.82) is 0 Å². The molecule has 1 atom stereocenters. The average molecular weight is 316 g/mol. The molecular formula is C17H24N4O2. The Morgan fingerprint density at radius 3 is 2.65 bits per heavy atom. The van der Waals surface area contributed by atoms with Gasteiger partial charge in [0.1, 0.15) is 11.4 Å². The molecule has 2 aromatic rings. The van der Waals surface area contributed by atoms with Crippen LogP contribution < -0.4 is 11.1 Å². The number of nitrogens with two attached hydrogens (primary N) is 1. The summed E-state index contributed by atoms with van der Waals surface area (Å²) in [4.78, 5) is 30.4. The third-order valence-corrected chi connectivity index (χ3v) is 3.71. The zero-order chi connectivity index (χ0) is 17.2. The van der Waals surface area contributed by atoms with Gasteiger partial charge in [-0.15, -0.1) is 0 Å². The molecule has 0 radical (unpaired) electrons. The normalized spacial score (nSPS) is 13.0. The molecule has 0 spiro atoms. The Balaban J connectivity index is 2.07. The van der Waals surface area contributed by atoms with Crippen LogP contribution in [0.3, 0.4) is 0 Å². The molecule has 23 heavy (non-hydrogen) atoms. The third-order valence-electron chi connectivity index (χ3n) is 3.71. The van der Waals surface area contributed by atoms with E-state index in [4.69, 9.17) is 5.73 Å². The van der Waals surface area contributed by atoms with Crippen LogP contribution in [0.15, 0.2) is 18.3 Å². The molecule has 2 rings (SSSR count). The number of amides is 2. The summed E-state index contributed by atoms with van der Waals surface area (Å²) in [6, 6.07) is 3.37. The van der Waals surface area contributed by atoms with Gasteiger partial charge < -0.3 is 16.0 Å². The molecule has 2 heterocycles. The van der Waals surface area contributed by atoms with E-state index in [0.29, 0.717) is 11.2 Å². The predicted molar refractivity (Wildman–Crippen MR) is 90.2 cm³/mol. The SMILES string of the molecule is CC(CCC(C)(C)C)NC(=O)c1cc2cc(C(N)=O)ncc2[nH]1. The zero-order valence-electron chi connectivity index (χ0n) is 14.1. The molecular weight excluding hydrogens is 292 g/mol. The van der Waals surface area contributed by atoms with Crippen molar-refractivity contribution in [1.82, 2.24) is 15.3 Å². The number of fused-ring (bicyclic) bond motifs is 1. The summed E-state index contributed by atoms with van der Waals surface area (Å²) in [5, 5.41) is 3.72. The number of hydrogen-bond acceptors (Lipinski definition) is 3. The van der Waals surface area contributed by atoms with Crippen molar-refractivity contribution < 1.29 is 9.59 Å². The summed E-state index contributed by atoms with van der Waals surface area (Å²) in [5.74, 6) is -0.752. The number of aromatic amines is 1. The summed E-state index contributed by atoms with van der Waals surface area (Å²) in [5.41, 5.74) is 6.79. The molecule has 0 bridgehead atoms. The molecule has 0 fully saturated rings. The highest BCUT2D eigenvalue weighted by Crippen LogP contribution is 2.21. The highest BCUT2D eigenvalue weighted by molar-refractivity contribution is 6.00. The van der Waals surface area contributed by atoms with Gasteiger partial charge in [-0.25, -0.2) is 4.98 Å². The lowest BCUT2D eigenvalue weighted by molar-refractivity contribution is 0.0930. The number of nitrogens with one attached hydrogen (secondary N) is 2. The van der Waals surface area contributed by atoms with E-state index in [1.807, 2.05) is 6.92 Å². The monoisotopic (exact) mass is 316 g/mol. The number of rotatable bonds is 5. The molecule has 0 saturated heterocycles. The zero-order valence-corrected chi connectivity index (χ0v) is 14.1. The molecule has 0 aliphatic heterocycles. The van der Waals surface area contributed by atoms with Gasteiger partial charge in [-0.05, 0) is 37.3 Å². The Hall–Kier alpha value is -2.37. The van der Waals surface area contributed by atoms with E-state index in [-0.39, 0.29) is 23.1 Å². The molecule has 2 aromatic heterocycles. The van der Waals surface area contributed by atoms with Gasteiger partial charge >= 0.3 is 0 Å². The Morgan fingerprint density at radius 2 is 2.04 bits per heavy atom. The van der Waals surface area contributed by atoms with Gasteiger partial charge in [0.05, 0.1) is 11.7 Å². The Bertz CT molecular complexity index is 728. The summed E-state index contributed by atoms with van der Waals surface area (Å²) in [6.07, 6.45) is 3.46. The van der Waals surface area contributed by atoms with Crippen molar-refractivity contribution in [2.45, 2.75) is 46.6 Å². The molecule has 4 N–H and O–H groups in total. The van der Waals surface area contributed by atoms with Crippen molar-refractivity contribution in [2.24, 2.45) is 11.1 Å². The van der Waals surface area contributed by atoms with Gasteiger partial charge in [-0.1, -0.05) is 20.8 Å². The third kappa shape index (κ3) is 4.55. The first kappa shape index (κ1) is 17.0. The minimum absolute atomic E-state index is 0.0902. The molecule has 0 saturated carbocycles. The maximum Gasteiger partial charge on any atom is 0.267 e. The van der Waals surface area contributed by atoms with Crippen molar-refractivity contribution >= 4 is 22.7 Å². The van der Waals surface area contributed by atoms with Gasteiger partial charge in [0.2, 0.25) is 0 Å². The fourth-order valence-electron chi connectivity index (χ4n) is 2.31. The number of nitrogens with zero attached hydrogens (tertiary/aromatic N) is 1. The number of aromatic nitrogens is 2. The van der Waals surface area contributed by atoms with E-state index in [2.05, 4.69) is 36.1 Å². The van der Waals surface area contributed by atoms with Gasteiger partial charge in [0.25, 0.3) is 11.8 Å². The van der Waals surface area contributed by atoms with Crippen LogP contribution in [0.2, 0.25) is 0 Å². The van der Waals surface area contributed by atoms with E-state index < -0.39 is 5.91 Å². The fraction of sp³-hybridized carbons (Fsp3) is 0.471. The highest BCUT2D eigenvalue weighted by Gasteiger charge is 2.16. The molecule has 2 amide bonds. The van der Waals surface area contributed by atoms with Crippen molar-refractivity contribution in [3.63, 3.8) is 0 Å². The van der Waals surface area contributed by atoms with Crippen LogP contribution in [0.25, 0.3) is 10.9 Å². The van der Waals surface area contributed by atoms with Gasteiger partial charge in [0, 0.05) is 11.4 Å². The number of hydrogen-bond donors (Lipinski definition) is 3. The molecule has 6 heteroatoms. The fourth-order valence-corrected chi connectivity index (χ4v) is 2.31. The molecule has 0 aliphatic rings. The minimum Gasteiger partial charge on any atom is -0.364 e. The quantitative estimate of drug-likeness (QED) is 0.790. The van der Waals surface area contributed by atoms with Crippen LogP contribution in [-0.4, -0.2) is 27.8 Å². The number of pyridine rings is 1. The second-order valence-electron chi connectivity index (χ2n) is 7.18. The average Bonchev–Trinajstić information content (AvgIpc) is 2.87. The molecule has 1 unspecified atom stereocenters. The highest BCUT2D eigenvalue weighted by atomic mass is 16.2. The smallest absolute Gasteiger partial charge is 0.267 e. The second-order valence-corrected chi connectivity index (χ2v) is 7.18. The van der Waals surface area contributed by atoms with Crippen LogP contribution in [0.1, 0.15) is 61.5 Å². The van der Waals surface area contributed by atoms with Crippen molar-refractivity contribution in [2.75, 3.05) is 0 Å². The van der Waals surface area contributed by atoms with Crippen LogP contribution in [0.4, 0.5) is 0 Å². The minimum atomic E-state index is -0.588. The number of primary amides is 1. The molecule has 0 aromatic carbocycles. The number of carbonyl (C=O) groups is 2. The van der Waals surface area contributed by atoms with Crippen LogP contribution in [0.5, 0.6) is 0 Å². The van der Waals surface area contributed by atoms with Crippen LogP contribution >= 0.6 is 0 Å². The topological polar surface area (TPSA) is 101 Å². The first-order valence-electron chi connectivity index (χ1n) is 7.75. The van der Waals surface area contributed by atoms with E-state index in [9.17, 15) is 9.59 Å². The lowest BCUT2D eigenvalue weighted by atomic mass is 9.89. The number of H-pyrrole nitrogens is 1. The predicted octanol–water partition coefficient (Wildman–Crippen LogP) is 2.61. The first-order valence-corrected chi connectivity index (χ1v) is 7.75. The number of carbonyl (C=O) groups excluding carboxylic acids is 2. The first-order chi connectivity index (χ1) is 10.7.